The molecule has 1 aliphatic rings. The van der Waals surface area contributed by atoms with Crippen LogP contribution in [0.15, 0.2) is 0 Å². The second kappa shape index (κ2) is 4.07. The van der Waals surface area contributed by atoms with Crippen molar-refractivity contribution in [2.24, 2.45) is 5.41 Å². The zero-order chi connectivity index (χ0) is 8.48. The van der Waals surface area contributed by atoms with Gasteiger partial charge >= 0.3 is 0 Å². The van der Waals surface area contributed by atoms with Gasteiger partial charge in [0.25, 0.3) is 5.91 Å². The van der Waals surface area contributed by atoms with E-state index in [1.165, 1.54) is 7.11 Å². The van der Waals surface area contributed by atoms with E-state index in [-0.39, 0.29) is 29.8 Å². The third-order valence-corrected chi connectivity index (χ3v) is 2.01. The first kappa shape index (κ1) is 11.7. The summed E-state index contributed by atoms with van der Waals surface area (Å²) in [6.45, 7) is 4.97. The van der Waals surface area contributed by atoms with Crippen LogP contribution in [0, 0.1) is 5.41 Å². The standard InChI is InChI=1S/C7H14N2O2.ClH/c1-7(2)4-8-5(7)6(10)9-11-3;/h5,8H,4H2,1-3H3,(H,9,10);1H. The second-order valence-corrected chi connectivity index (χ2v) is 3.47. The molecule has 1 unspecified atom stereocenters. The molecule has 5 heteroatoms. The summed E-state index contributed by atoms with van der Waals surface area (Å²) < 4.78 is 0. The Bertz CT molecular complexity index is 173. The number of carbonyl (C=O) groups excluding carboxylic acids is 1. The Hall–Kier alpha value is -0.320. The molecule has 72 valence electrons. The van der Waals surface area contributed by atoms with Gasteiger partial charge in [0.05, 0.1) is 13.2 Å². The third kappa shape index (κ3) is 2.09. The number of hydrogen-bond donors (Lipinski definition) is 2. The van der Waals surface area contributed by atoms with E-state index in [4.69, 9.17) is 0 Å². The molecule has 12 heavy (non-hydrogen) atoms. The lowest BCUT2D eigenvalue weighted by Crippen LogP contribution is -2.65. The molecule has 2 N–H and O–H groups in total. The number of hydrogen-bond acceptors (Lipinski definition) is 3. The predicted molar refractivity (Wildman–Crippen MR) is 48.0 cm³/mol. The molecule has 1 aliphatic heterocycles. The van der Waals surface area contributed by atoms with Crippen molar-refractivity contribution in [1.29, 1.82) is 0 Å². The molecule has 0 bridgehead atoms. The molecule has 1 rings (SSSR count). The van der Waals surface area contributed by atoms with Gasteiger partial charge in [-0.15, -0.1) is 12.4 Å². The Morgan fingerprint density at radius 2 is 2.25 bits per heavy atom. The quantitative estimate of drug-likeness (QED) is 0.613. The van der Waals surface area contributed by atoms with Crippen molar-refractivity contribution in [2.75, 3.05) is 13.7 Å². The fourth-order valence-electron chi connectivity index (χ4n) is 1.22. The number of halogens is 1. The minimum atomic E-state index is -0.109. The molecule has 1 atom stereocenters. The van der Waals surface area contributed by atoms with E-state index >= 15 is 0 Å². The van der Waals surface area contributed by atoms with Crippen LogP contribution in [-0.2, 0) is 9.63 Å². The maximum atomic E-state index is 11.1. The molecule has 0 saturated carbocycles. The molecular formula is C7H15ClN2O2. The highest BCUT2D eigenvalue weighted by Crippen LogP contribution is 2.27. The highest BCUT2D eigenvalue weighted by Gasteiger charge is 2.43. The molecule has 1 amide bonds. The SMILES string of the molecule is CONC(=O)C1NCC1(C)C.Cl. The molecule has 1 saturated heterocycles. The minimum Gasteiger partial charge on any atom is -0.305 e. The van der Waals surface area contributed by atoms with Gasteiger partial charge in [-0.1, -0.05) is 13.8 Å². The van der Waals surface area contributed by atoms with Crippen molar-refractivity contribution in [1.82, 2.24) is 10.8 Å². The van der Waals surface area contributed by atoms with Gasteiger partial charge in [-0.3, -0.25) is 9.63 Å². The first-order chi connectivity index (χ1) is 5.08. The number of carbonyl (C=O) groups is 1. The monoisotopic (exact) mass is 194 g/mol. The first-order valence-electron chi connectivity index (χ1n) is 3.64. The maximum absolute atomic E-state index is 11.1. The van der Waals surface area contributed by atoms with E-state index in [1.54, 1.807) is 0 Å². The molecule has 0 aromatic rings. The Balaban J connectivity index is 0.00000121. The largest absolute Gasteiger partial charge is 0.305 e. The summed E-state index contributed by atoms with van der Waals surface area (Å²) in [4.78, 5) is 15.7. The van der Waals surface area contributed by atoms with Crippen molar-refractivity contribution in [3.63, 3.8) is 0 Å². The van der Waals surface area contributed by atoms with E-state index in [0.29, 0.717) is 0 Å². The van der Waals surface area contributed by atoms with Gasteiger partial charge in [-0.2, -0.15) is 0 Å². The van der Waals surface area contributed by atoms with Crippen molar-refractivity contribution >= 4 is 18.3 Å². The van der Waals surface area contributed by atoms with Gasteiger partial charge in [0.1, 0.15) is 0 Å². The fraction of sp³-hybridized carbons (Fsp3) is 0.857. The Morgan fingerprint density at radius 1 is 1.67 bits per heavy atom. The maximum Gasteiger partial charge on any atom is 0.261 e. The van der Waals surface area contributed by atoms with Crippen molar-refractivity contribution in [2.45, 2.75) is 19.9 Å². The summed E-state index contributed by atoms with van der Waals surface area (Å²) >= 11 is 0. The first-order valence-corrected chi connectivity index (χ1v) is 3.64. The smallest absolute Gasteiger partial charge is 0.261 e. The lowest BCUT2D eigenvalue weighted by molar-refractivity contribution is -0.140. The molecule has 0 aromatic heterocycles. The van der Waals surface area contributed by atoms with Gasteiger partial charge in [-0.25, -0.2) is 5.48 Å². The molecular weight excluding hydrogens is 180 g/mol. The van der Waals surface area contributed by atoms with E-state index in [2.05, 4.69) is 15.6 Å². The zero-order valence-electron chi connectivity index (χ0n) is 7.51. The lowest BCUT2D eigenvalue weighted by atomic mass is 9.77. The Morgan fingerprint density at radius 3 is 2.50 bits per heavy atom. The van der Waals surface area contributed by atoms with Crippen LogP contribution >= 0.6 is 12.4 Å². The third-order valence-electron chi connectivity index (χ3n) is 2.01. The Labute approximate surface area is 78.4 Å². The van der Waals surface area contributed by atoms with Crippen LogP contribution in [0.4, 0.5) is 0 Å². The van der Waals surface area contributed by atoms with Gasteiger partial charge in [-0.05, 0) is 0 Å². The van der Waals surface area contributed by atoms with Crippen LogP contribution in [-0.4, -0.2) is 25.6 Å². The van der Waals surface area contributed by atoms with Crippen LogP contribution < -0.4 is 10.8 Å². The van der Waals surface area contributed by atoms with Crippen LogP contribution in [0.2, 0.25) is 0 Å². The summed E-state index contributed by atoms with van der Waals surface area (Å²) in [5.41, 5.74) is 2.36. The zero-order valence-corrected chi connectivity index (χ0v) is 8.33. The summed E-state index contributed by atoms with van der Waals surface area (Å²) in [7, 11) is 1.43. The second-order valence-electron chi connectivity index (χ2n) is 3.47. The van der Waals surface area contributed by atoms with Gasteiger partial charge in [0.2, 0.25) is 0 Å². The van der Waals surface area contributed by atoms with Crippen LogP contribution in [0.1, 0.15) is 13.8 Å². The van der Waals surface area contributed by atoms with E-state index in [0.717, 1.165) is 6.54 Å². The highest BCUT2D eigenvalue weighted by atomic mass is 35.5. The topological polar surface area (TPSA) is 50.4 Å². The van der Waals surface area contributed by atoms with Crippen molar-refractivity contribution in [3.8, 4) is 0 Å². The van der Waals surface area contributed by atoms with Crippen LogP contribution in [0.25, 0.3) is 0 Å². The molecule has 0 aliphatic carbocycles. The Kier molecular flexibility index (Phi) is 3.96. The lowest BCUT2D eigenvalue weighted by Gasteiger charge is -2.43. The number of amides is 1. The minimum absolute atomic E-state index is 0. The van der Waals surface area contributed by atoms with E-state index < -0.39 is 0 Å². The summed E-state index contributed by atoms with van der Waals surface area (Å²) in [5.74, 6) is -0.0937. The van der Waals surface area contributed by atoms with Gasteiger partial charge in [0, 0.05) is 12.0 Å². The number of hydroxylamine groups is 1. The van der Waals surface area contributed by atoms with Crippen molar-refractivity contribution < 1.29 is 9.63 Å². The average molecular weight is 195 g/mol. The van der Waals surface area contributed by atoms with Gasteiger partial charge < -0.3 is 5.32 Å². The molecule has 0 aromatic carbocycles. The number of rotatable bonds is 2. The molecule has 0 radical (unpaired) electrons. The van der Waals surface area contributed by atoms with Crippen LogP contribution in [0.5, 0.6) is 0 Å². The van der Waals surface area contributed by atoms with Crippen molar-refractivity contribution in [3.05, 3.63) is 0 Å². The highest BCUT2D eigenvalue weighted by molar-refractivity contribution is 5.85. The summed E-state index contributed by atoms with van der Waals surface area (Å²) in [5, 5.41) is 3.03. The predicted octanol–water partition coefficient (Wildman–Crippen LogP) is 0.0838. The van der Waals surface area contributed by atoms with E-state index in [9.17, 15) is 4.79 Å². The average Bonchev–Trinajstić information content (AvgIpc) is 1.86. The van der Waals surface area contributed by atoms with E-state index in [1.807, 2.05) is 13.8 Å². The fourth-order valence-corrected chi connectivity index (χ4v) is 1.22. The normalized spacial score (nSPS) is 25.1. The molecule has 4 nitrogen and oxygen atoms in total. The van der Waals surface area contributed by atoms with Crippen LogP contribution in [0.3, 0.4) is 0 Å². The summed E-state index contributed by atoms with van der Waals surface area (Å²) in [6, 6.07) is -0.109. The molecule has 1 fully saturated rings. The van der Waals surface area contributed by atoms with Gasteiger partial charge in [0.15, 0.2) is 0 Å². The number of nitrogens with one attached hydrogen (secondary N) is 2. The molecule has 0 spiro atoms. The summed E-state index contributed by atoms with van der Waals surface area (Å²) in [6.07, 6.45) is 0. The molecule has 1 heterocycles.